The molecule has 1 fully saturated rings. The highest BCUT2D eigenvalue weighted by molar-refractivity contribution is 8.00. The van der Waals surface area contributed by atoms with Gasteiger partial charge in [0.05, 0.1) is 12.0 Å². The zero-order valence-electron chi connectivity index (χ0n) is 15.9. The van der Waals surface area contributed by atoms with Crippen LogP contribution in [0.25, 0.3) is 11.5 Å². The molecule has 0 bridgehead atoms. The number of aromatic nitrogens is 1. The summed E-state index contributed by atoms with van der Waals surface area (Å²) in [4.78, 5) is 6.88. The first-order valence-electron chi connectivity index (χ1n) is 9.43. The van der Waals surface area contributed by atoms with Gasteiger partial charge in [-0.1, -0.05) is 30.3 Å². The van der Waals surface area contributed by atoms with Crippen molar-refractivity contribution in [3.8, 4) is 17.2 Å². The lowest BCUT2D eigenvalue weighted by atomic mass is 10.2. The van der Waals surface area contributed by atoms with Crippen molar-refractivity contribution in [1.82, 2.24) is 9.88 Å². The van der Waals surface area contributed by atoms with E-state index in [1.807, 2.05) is 61.2 Å². The fraction of sp³-hybridized carbons (Fsp3) is 0.318. The van der Waals surface area contributed by atoms with E-state index in [0.717, 1.165) is 41.6 Å². The van der Waals surface area contributed by atoms with Crippen LogP contribution in [0.1, 0.15) is 17.0 Å². The van der Waals surface area contributed by atoms with Crippen molar-refractivity contribution in [1.29, 1.82) is 0 Å². The Hall–Kier alpha value is -2.28. The maximum atomic E-state index is 9.44. The Balaban J connectivity index is 1.36. The number of benzene rings is 2. The third-order valence-corrected chi connectivity index (χ3v) is 6.10. The number of aliphatic hydroxyl groups excluding tert-OH is 1. The molecule has 2 heterocycles. The van der Waals surface area contributed by atoms with Crippen LogP contribution in [-0.4, -0.2) is 39.3 Å². The second-order valence-corrected chi connectivity index (χ2v) is 8.08. The topological polar surface area (TPSA) is 58.7 Å². The molecule has 3 aromatic rings. The number of oxazole rings is 1. The number of hydrogen-bond donors (Lipinski definition) is 1. The molecule has 1 N–H and O–H groups in total. The number of rotatable bonds is 7. The van der Waals surface area contributed by atoms with Crippen LogP contribution in [0.3, 0.4) is 0 Å². The van der Waals surface area contributed by atoms with E-state index in [1.165, 1.54) is 5.56 Å². The Kier molecular flexibility index (Phi) is 6.00. The van der Waals surface area contributed by atoms with E-state index in [2.05, 4.69) is 22.0 Å². The number of thioether (sulfide) groups is 1. The molecule has 0 amide bonds. The van der Waals surface area contributed by atoms with Crippen LogP contribution < -0.4 is 4.74 Å². The Labute approximate surface area is 169 Å². The fourth-order valence-electron chi connectivity index (χ4n) is 3.25. The minimum Gasteiger partial charge on any atom is -0.487 e. The SMILES string of the molecule is Cc1oc(-c2ccccc2)nc1COc1ccc(CN2CCSC2CO)cc1. The molecule has 0 spiro atoms. The Bertz CT molecular complexity index is 896. The molecule has 5 nitrogen and oxygen atoms in total. The summed E-state index contributed by atoms with van der Waals surface area (Å²) in [5, 5.41) is 9.65. The van der Waals surface area contributed by atoms with Crippen molar-refractivity contribution in [2.45, 2.75) is 25.4 Å². The molecule has 6 heteroatoms. The minimum absolute atomic E-state index is 0.202. The van der Waals surface area contributed by atoms with Gasteiger partial charge in [0.1, 0.15) is 23.8 Å². The summed E-state index contributed by atoms with van der Waals surface area (Å²) in [7, 11) is 0. The van der Waals surface area contributed by atoms with Gasteiger partial charge in [-0.2, -0.15) is 0 Å². The largest absolute Gasteiger partial charge is 0.487 e. The van der Waals surface area contributed by atoms with Gasteiger partial charge in [-0.25, -0.2) is 4.98 Å². The summed E-state index contributed by atoms with van der Waals surface area (Å²) < 4.78 is 11.7. The van der Waals surface area contributed by atoms with E-state index in [1.54, 1.807) is 0 Å². The van der Waals surface area contributed by atoms with Crippen LogP contribution in [0.15, 0.2) is 59.0 Å². The number of aryl methyl sites for hydroxylation is 1. The Morgan fingerprint density at radius 1 is 1.18 bits per heavy atom. The smallest absolute Gasteiger partial charge is 0.226 e. The molecule has 0 radical (unpaired) electrons. The van der Waals surface area contributed by atoms with Gasteiger partial charge in [0.2, 0.25) is 5.89 Å². The lowest BCUT2D eigenvalue weighted by molar-refractivity contribution is 0.187. The Morgan fingerprint density at radius 3 is 2.71 bits per heavy atom. The third-order valence-electron chi connectivity index (χ3n) is 4.85. The molecule has 1 saturated heterocycles. The first-order valence-corrected chi connectivity index (χ1v) is 10.5. The van der Waals surface area contributed by atoms with Crippen LogP contribution in [0.4, 0.5) is 0 Å². The number of aliphatic hydroxyl groups is 1. The summed E-state index contributed by atoms with van der Waals surface area (Å²) in [5.74, 6) is 3.28. The normalized spacial score (nSPS) is 17.1. The standard InChI is InChI=1S/C22H24N2O3S/c1-16-20(23-22(27-16)18-5-3-2-4-6-18)15-26-19-9-7-17(8-10-19)13-24-11-12-28-21(24)14-25/h2-10,21,25H,11-15H2,1H3. The van der Waals surface area contributed by atoms with Gasteiger partial charge in [-0.3, -0.25) is 4.90 Å². The molecule has 146 valence electrons. The molecular weight excluding hydrogens is 372 g/mol. The third kappa shape index (κ3) is 4.41. The zero-order valence-corrected chi connectivity index (χ0v) is 16.7. The van der Waals surface area contributed by atoms with E-state index in [4.69, 9.17) is 9.15 Å². The molecule has 2 aromatic carbocycles. The van der Waals surface area contributed by atoms with E-state index in [9.17, 15) is 5.11 Å². The zero-order chi connectivity index (χ0) is 19.3. The molecule has 1 atom stereocenters. The van der Waals surface area contributed by atoms with E-state index >= 15 is 0 Å². The molecule has 1 aliphatic heterocycles. The summed E-state index contributed by atoms with van der Waals surface area (Å²) in [6.07, 6.45) is 0. The number of nitrogens with zero attached hydrogens (tertiary/aromatic N) is 2. The van der Waals surface area contributed by atoms with Crippen LogP contribution in [0.5, 0.6) is 5.75 Å². The lowest BCUT2D eigenvalue weighted by Gasteiger charge is -2.21. The van der Waals surface area contributed by atoms with Gasteiger partial charge in [-0.05, 0) is 36.8 Å². The average molecular weight is 397 g/mol. The van der Waals surface area contributed by atoms with Crippen LogP contribution in [0, 0.1) is 6.92 Å². The van der Waals surface area contributed by atoms with E-state index < -0.39 is 0 Å². The van der Waals surface area contributed by atoms with Crippen molar-refractivity contribution in [2.24, 2.45) is 0 Å². The molecule has 0 aliphatic carbocycles. The fourth-order valence-corrected chi connectivity index (χ4v) is 4.36. The van der Waals surface area contributed by atoms with Crippen LogP contribution >= 0.6 is 11.8 Å². The second kappa shape index (κ2) is 8.82. The summed E-state index contributed by atoms with van der Waals surface area (Å²) >= 11 is 1.82. The van der Waals surface area contributed by atoms with Crippen molar-refractivity contribution in [3.05, 3.63) is 71.6 Å². The molecule has 1 aliphatic rings. The molecule has 0 saturated carbocycles. The minimum atomic E-state index is 0.202. The predicted octanol–water partition coefficient (Wildman–Crippen LogP) is 4.10. The predicted molar refractivity (Wildman–Crippen MR) is 111 cm³/mol. The summed E-state index contributed by atoms with van der Waals surface area (Å²) in [5.41, 5.74) is 2.99. The molecule has 1 aromatic heterocycles. The first-order chi connectivity index (χ1) is 13.7. The average Bonchev–Trinajstić information content (AvgIpc) is 3.34. The Morgan fingerprint density at radius 2 is 1.96 bits per heavy atom. The van der Waals surface area contributed by atoms with Gasteiger partial charge in [0, 0.05) is 24.4 Å². The second-order valence-electron chi connectivity index (χ2n) is 6.80. The van der Waals surface area contributed by atoms with Gasteiger partial charge in [0.25, 0.3) is 0 Å². The van der Waals surface area contributed by atoms with Gasteiger partial charge < -0.3 is 14.3 Å². The highest BCUT2D eigenvalue weighted by Crippen LogP contribution is 2.26. The van der Waals surface area contributed by atoms with Crippen molar-refractivity contribution < 1.29 is 14.3 Å². The first kappa shape index (κ1) is 19.1. The lowest BCUT2D eigenvalue weighted by Crippen LogP contribution is -2.30. The highest BCUT2D eigenvalue weighted by Gasteiger charge is 2.24. The van der Waals surface area contributed by atoms with Crippen molar-refractivity contribution in [2.75, 3.05) is 18.9 Å². The number of hydrogen-bond acceptors (Lipinski definition) is 6. The quantitative estimate of drug-likeness (QED) is 0.649. The number of ether oxygens (including phenoxy) is 1. The molecule has 28 heavy (non-hydrogen) atoms. The van der Waals surface area contributed by atoms with E-state index in [0.29, 0.717) is 12.5 Å². The molecule has 4 rings (SSSR count). The monoisotopic (exact) mass is 396 g/mol. The van der Waals surface area contributed by atoms with E-state index in [-0.39, 0.29) is 12.0 Å². The van der Waals surface area contributed by atoms with Gasteiger partial charge in [0.15, 0.2) is 0 Å². The summed E-state index contributed by atoms with van der Waals surface area (Å²) in [6, 6.07) is 18.0. The van der Waals surface area contributed by atoms with Crippen LogP contribution in [0.2, 0.25) is 0 Å². The molecule has 1 unspecified atom stereocenters. The molecular formula is C22H24N2O3S. The van der Waals surface area contributed by atoms with Gasteiger partial charge in [-0.15, -0.1) is 11.8 Å². The highest BCUT2D eigenvalue weighted by atomic mass is 32.2. The summed E-state index contributed by atoms with van der Waals surface area (Å²) in [6.45, 7) is 4.35. The van der Waals surface area contributed by atoms with Crippen molar-refractivity contribution in [3.63, 3.8) is 0 Å². The maximum absolute atomic E-state index is 9.44. The maximum Gasteiger partial charge on any atom is 0.226 e. The van der Waals surface area contributed by atoms with Crippen LogP contribution in [-0.2, 0) is 13.2 Å². The van der Waals surface area contributed by atoms with Crippen molar-refractivity contribution >= 4 is 11.8 Å². The van der Waals surface area contributed by atoms with Gasteiger partial charge >= 0.3 is 0 Å².